The Morgan fingerprint density at radius 1 is 1.08 bits per heavy atom. The Morgan fingerprint density at radius 2 is 1.80 bits per heavy atom. The molecule has 0 unspecified atom stereocenters. The Hall–Kier alpha value is -2.33. The second kappa shape index (κ2) is 9.84. The summed E-state index contributed by atoms with van der Waals surface area (Å²) >= 11 is 6.00. The summed E-state index contributed by atoms with van der Waals surface area (Å²) in [5, 5.41) is 3.22. The maximum absolute atomic E-state index is 11.9. The van der Waals surface area contributed by atoms with E-state index in [-0.39, 0.29) is 18.9 Å². The molecule has 1 amide bonds. The Morgan fingerprint density at radius 3 is 2.48 bits per heavy atom. The highest BCUT2D eigenvalue weighted by Gasteiger charge is 2.10. The molecule has 0 spiro atoms. The second-order valence-corrected chi connectivity index (χ2v) is 6.18. The van der Waals surface area contributed by atoms with Crippen LogP contribution in [0, 0.1) is 0 Å². The minimum atomic E-state index is -0.488. The number of ether oxygens (including phenoxy) is 1. The van der Waals surface area contributed by atoms with E-state index >= 15 is 0 Å². The molecule has 1 N–H and O–H groups in total. The van der Waals surface area contributed by atoms with E-state index in [0.29, 0.717) is 16.3 Å². The average molecular weight is 360 g/mol. The van der Waals surface area contributed by atoms with Gasteiger partial charge in [-0.05, 0) is 42.2 Å². The van der Waals surface area contributed by atoms with Crippen LogP contribution in [-0.2, 0) is 27.2 Å². The fourth-order valence-corrected chi connectivity index (χ4v) is 2.53. The summed E-state index contributed by atoms with van der Waals surface area (Å²) in [6.45, 7) is 1.84. The summed E-state index contributed by atoms with van der Waals surface area (Å²) in [6.07, 6.45) is 3.37. The lowest BCUT2D eigenvalue weighted by molar-refractivity contribution is -0.146. The number of benzene rings is 2. The van der Waals surface area contributed by atoms with Gasteiger partial charge in [-0.2, -0.15) is 0 Å². The molecule has 0 aromatic heterocycles. The molecule has 0 aliphatic carbocycles. The van der Waals surface area contributed by atoms with Crippen LogP contribution in [0.4, 0.5) is 5.69 Å². The maximum atomic E-state index is 11.9. The van der Waals surface area contributed by atoms with Crippen molar-refractivity contribution in [3.05, 3.63) is 64.7 Å². The number of hydrogen-bond donors (Lipinski definition) is 1. The van der Waals surface area contributed by atoms with Gasteiger partial charge in [0.1, 0.15) is 0 Å². The number of carbonyl (C=O) groups is 2. The first-order chi connectivity index (χ1) is 12.1. The van der Waals surface area contributed by atoms with E-state index in [9.17, 15) is 9.59 Å². The molecule has 0 bridgehead atoms. The van der Waals surface area contributed by atoms with Gasteiger partial charge in [0.15, 0.2) is 6.61 Å². The summed E-state index contributed by atoms with van der Waals surface area (Å²) in [5.74, 6) is -0.855. The molecule has 0 saturated heterocycles. The number of aryl methyl sites for hydroxylation is 1. The van der Waals surface area contributed by atoms with Crippen LogP contribution < -0.4 is 5.32 Å². The van der Waals surface area contributed by atoms with Gasteiger partial charge >= 0.3 is 5.97 Å². The van der Waals surface area contributed by atoms with Gasteiger partial charge in [-0.15, -0.1) is 0 Å². The van der Waals surface area contributed by atoms with Gasteiger partial charge < -0.3 is 10.1 Å². The van der Waals surface area contributed by atoms with Crippen molar-refractivity contribution >= 4 is 29.2 Å². The maximum Gasteiger partial charge on any atom is 0.310 e. The number of amides is 1. The van der Waals surface area contributed by atoms with Crippen LogP contribution in [0.2, 0.25) is 5.02 Å². The number of anilines is 1. The van der Waals surface area contributed by atoms with Crippen molar-refractivity contribution < 1.29 is 14.3 Å². The fraction of sp³-hybridized carbons (Fsp3) is 0.300. The predicted molar refractivity (Wildman–Crippen MR) is 99.8 cm³/mol. The predicted octanol–water partition coefficient (Wildman–Crippen LogP) is 4.41. The quantitative estimate of drug-likeness (QED) is 0.710. The summed E-state index contributed by atoms with van der Waals surface area (Å²) in [4.78, 5) is 23.7. The normalized spacial score (nSPS) is 10.3. The number of carbonyl (C=O) groups excluding carboxylic acids is 2. The third-order valence-corrected chi connectivity index (χ3v) is 4.08. The molecule has 0 saturated carbocycles. The zero-order chi connectivity index (χ0) is 18.1. The average Bonchev–Trinajstić information content (AvgIpc) is 2.61. The molecule has 0 aliphatic heterocycles. The van der Waals surface area contributed by atoms with Crippen molar-refractivity contribution in [2.24, 2.45) is 0 Å². The minimum Gasteiger partial charge on any atom is -0.455 e. The zero-order valence-corrected chi connectivity index (χ0v) is 15.0. The molecule has 2 aromatic rings. The van der Waals surface area contributed by atoms with Crippen molar-refractivity contribution in [2.75, 3.05) is 11.9 Å². The molecular weight excluding hydrogens is 338 g/mol. The number of halogens is 1. The molecular formula is C20H22ClNO3. The molecule has 2 rings (SSSR count). The standard InChI is InChI=1S/C20H22ClNO3/c1-2-3-6-15-9-11-17(12-10-15)22-19(23)14-25-20(24)13-16-7-4-5-8-18(16)21/h4-5,7-12H,2-3,6,13-14H2,1H3,(H,22,23). The Labute approximate surface area is 153 Å². The van der Waals surface area contributed by atoms with Crippen LogP contribution in [0.1, 0.15) is 30.9 Å². The SMILES string of the molecule is CCCCc1ccc(NC(=O)COC(=O)Cc2ccccc2Cl)cc1. The van der Waals surface area contributed by atoms with Crippen molar-refractivity contribution in [2.45, 2.75) is 32.6 Å². The molecule has 2 aromatic carbocycles. The van der Waals surface area contributed by atoms with E-state index in [1.807, 2.05) is 24.3 Å². The number of rotatable bonds is 8. The first-order valence-corrected chi connectivity index (χ1v) is 8.74. The largest absolute Gasteiger partial charge is 0.455 e. The molecule has 0 aliphatic rings. The lowest BCUT2D eigenvalue weighted by Gasteiger charge is -2.08. The van der Waals surface area contributed by atoms with E-state index in [1.165, 1.54) is 5.56 Å². The molecule has 0 atom stereocenters. The number of nitrogens with one attached hydrogen (secondary N) is 1. The van der Waals surface area contributed by atoms with Crippen LogP contribution in [-0.4, -0.2) is 18.5 Å². The van der Waals surface area contributed by atoms with Crippen LogP contribution in [0.15, 0.2) is 48.5 Å². The monoisotopic (exact) mass is 359 g/mol. The van der Waals surface area contributed by atoms with E-state index in [4.69, 9.17) is 16.3 Å². The number of hydrogen-bond acceptors (Lipinski definition) is 3. The highest BCUT2D eigenvalue weighted by Crippen LogP contribution is 2.16. The van der Waals surface area contributed by atoms with Gasteiger partial charge in [-0.3, -0.25) is 9.59 Å². The van der Waals surface area contributed by atoms with Crippen molar-refractivity contribution in [3.63, 3.8) is 0 Å². The lowest BCUT2D eigenvalue weighted by Crippen LogP contribution is -2.21. The Bertz CT molecular complexity index is 713. The summed E-state index contributed by atoms with van der Waals surface area (Å²) < 4.78 is 5.00. The minimum absolute atomic E-state index is 0.0408. The van der Waals surface area contributed by atoms with Crippen LogP contribution >= 0.6 is 11.6 Å². The lowest BCUT2D eigenvalue weighted by atomic mass is 10.1. The van der Waals surface area contributed by atoms with Gasteiger partial charge in [0.25, 0.3) is 5.91 Å². The molecule has 0 fully saturated rings. The van der Waals surface area contributed by atoms with E-state index in [0.717, 1.165) is 19.3 Å². The van der Waals surface area contributed by atoms with Crippen LogP contribution in [0.25, 0.3) is 0 Å². The Balaban J connectivity index is 1.76. The topological polar surface area (TPSA) is 55.4 Å². The van der Waals surface area contributed by atoms with Crippen molar-refractivity contribution in [3.8, 4) is 0 Å². The molecule has 0 radical (unpaired) electrons. The zero-order valence-electron chi connectivity index (χ0n) is 14.3. The third kappa shape index (κ3) is 6.59. The van der Waals surface area contributed by atoms with Crippen LogP contribution in [0.5, 0.6) is 0 Å². The van der Waals surface area contributed by atoms with Gasteiger partial charge in [0, 0.05) is 10.7 Å². The van der Waals surface area contributed by atoms with Gasteiger partial charge in [0.05, 0.1) is 6.42 Å². The van der Waals surface area contributed by atoms with E-state index in [2.05, 4.69) is 12.2 Å². The summed E-state index contributed by atoms with van der Waals surface area (Å²) in [7, 11) is 0. The molecule has 5 heteroatoms. The van der Waals surface area contributed by atoms with Crippen molar-refractivity contribution in [1.82, 2.24) is 0 Å². The van der Waals surface area contributed by atoms with Crippen LogP contribution in [0.3, 0.4) is 0 Å². The smallest absolute Gasteiger partial charge is 0.310 e. The van der Waals surface area contributed by atoms with E-state index < -0.39 is 5.97 Å². The number of esters is 1. The third-order valence-electron chi connectivity index (χ3n) is 3.71. The molecule has 0 heterocycles. The molecule has 25 heavy (non-hydrogen) atoms. The van der Waals surface area contributed by atoms with Crippen molar-refractivity contribution in [1.29, 1.82) is 0 Å². The first kappa shape index (κ1) is 19.0. The molecule has 132 valence electrons. The first-order valence-electron chi connectivity index (χ1n) is 8.36. The summed E-state index contributed by atoms with van der Waals surface area (Å²) in [6, 6.07) is 14.8. The highest BCUT2D eigenvalue weighted by atomic mass is 35.5. The fourth-order valence-electron chi connectivity index (χ4n) is 2.33. The number of unbranched alkanes of at least 4 members (excludes halogenated alkanes) is 1. The second-order valence-electron chi connectivity index (χ2n) is 5.78. The summed E-state index contributed by atoms with van der Waals surface area (Å²) in [5.41, 5.74) is 2.61. The molecule has 4 nitrogen and oxygen atoms in total. The van der Waals surface area contributed by atoms with Gasteiger partial charge in [-0.25, -0.2) is 0 Å². The highest BCUT2D eigenvalue weighted by molar-refractivity contribution is 6.31. The Kier molecular flexibility index (Phi) is 7.48. The van der Waals surface area contributed by atoms with Gasteiger partial charge in [-0.1, -0.05) is 55.3 Å². The van der Waals surface area contributed by atoms with E-state index in [1.54, 1.807) is 24.3 Å². The van der Waals surface area contributed by atoms with Gasteiger partial charge in [0.2, 0.25) is 0 Å².